The highest BCUT2D eigenvalue weighted by molar-refractivity contribution is 5.70. The van der Waals surface area contributed by atoms with Crippen molar-refractivity contribution in [2.45, 2.75) is 64.2 Å². The zero-order valence-corrected chi connectivity index (χ0v) is 19.4. The Bertz CT molecular complexity index is 985. The molecule has 1 N–H and O–H groups in total. The molecule has 4 rings (SSSR count). The number of aliphatic carboxylic acids is 1. The first-order chi connectivity index (χ1) is 15.8. The van der Waals surface area contributed by atoms with E-state index < -0.39 is 5.97 Å². The number of hydrogen-bond acceptors (Lipinski definition) is 6. The van der Waals surface area contributed by atoms with Crippen LogP contribution in [-0.2, 0) is 23.2 Å². The molecule has 0 radical (unpaired) electrons. The van der Waals surface area contributed by atoms with Gasteiger partial charge >= 0.3 is 12.1 Å². The molecule has 0 saturated heterocycles. The van der Waals surface area contributed by atoms with Crippen LogP contribution in [0.25, 0.3) is 11.3 Å². The van der Waals surface area contributed by atoms with Crippen LogP contribution in [0.5, 0.6) is 5.75 Å². The zero-order valence-electron chi connectivity index (χ0n) is 19.4. The lowest BCUT2D eigenvalue weighted by Gasteiger charge is -2.27. The number of rotatable bonds is 8. The fraction of sp³-hybridized carbons (Fsp3) is 0.583. The summed E-state index contributed by atoms with van der Waals surface area (Å²) in [4.78, 5) is 29.9. The standard InChI is InChI=1S/C24H32N4O5/c1-15(16-7-8-16)27(2)24(31)32-14-22-20(13-26-28(22)3)21-10-9-19(12-25-21)33-18-6-4-5-17(11-18)23(29)30/h9-10,12-13,15-18H,4-8,11,14H2,1-3H3,(H,29,30)/t15-,17+,18+/m1/s1. The van der Waals surface area contributed by atoms with Crippen LogP contribution in [0.1, 0.15) is 51.1 Å². The van der Waals surface area contributed by atoms with Crippen molar-refractivity contribution in [2.24, 2.45) is 18.9 Å². The van der Waals surface area contributed by atoms with Crippen molar-refractivity contribution in [3.8, 4) is 17.0 Å². The summed E-state index contributed by atoms with van der Waals surface area (Å²) in [6, 6.07) is 3.85. The number of ether oxygens (including phenoxy) is 2. The van der Waals surface area contributed by atoms with Gasteiger partial charge in [-0.25, -0.2) is 4.79 Å². The fourth-order valence-electron chi connectivity index (χ4n) is 4.42. The zero-order chi connectivity index (χ0) is 23.5. The van der Waals surface area contributed by atoms with E-state index in [-0.39, 0.29) is 30.8 Å². The van der Waals surface area contributed by atoms with Crippen molar-refractivity contribution < 1.29 is 24.2 Å². The number of carboxylic acid groups (broad SMARTS) is 1. The van der Waals surface area contributed by atoms with E-state index >= 15 is 0 Å². The van der Waals surface area contributed by atoms with Crippen molar-refractivity contribution in [3.05, 3.63) is 30.2 Å². The van der Waals surface area contributed by atoms with E-state index in [1.807, 2.05) is 19.2 Å². The van der Waals surface area contributed by atoms with E-state index in [9.17, 15) is 14.7 Å². The Kier molecular flexibility index (Phi) is 6.85. The molecule has 0 spiro atoms. The van der Waals surface area contributed by atoms with Gasteiger partial charge in [-0.1, -0.05) is 0 Å². The monoisotopic (exact) mass is 456 g/mol. The molecule has 3 atom stereocenters. The van der Waals surface area contributed by atoms with E-state index in [0.717, 1.165) is 36.9 Å². The van der Waals surface area contributed by atoms with E-state index in [1.165, 1.54) is 0 Å². The maximum absolute atomic E-state index is 12.5. The molecule has 0 aliphatic heterocycles. The Balaban J connectivity index is 1.38. The van der Waals surface area contributed by atoms with Crippen LogP contribution in [0.15, 0.2) is 24.5 Å². The largest absolute Gasteiger partial charge is 0.489 e. The van der Waals surface area contributed by atoms with Gasteiger partial charge in [0, 0.05) is 25.7 Å². The molecule has 1 amide bonds. The average molecular weight is 457 g/mol. The number of nitrogens with zero attached hydrogens (tertiary/aromatic N) is 4. The second kappa shape index (κ2) is 9.80. The van der Waals surface area contributed by atoms with Gasteiger partial charge in [-0.15, -0.1) is 0 Å². The third-order valence-electron chi connectivity index (χ3n) is 6.89. The molecule has 2 fully saturated rings. The Morgan fingerprint density at radius 2 is 2.03 bits per heavy atom. The number of amides is 1. The molecule has 9 heteroatoms. The first kappa shape index (κ1) is 23.1. The SMILES string of the molecule is C[C@H](C1CC1)N(C)C(=O)OCc1c(-c2ccc(O[C@H]3CCC[C@H](C(=O)O)C3)cn2)cnn1C. The van der Waals surface area contributed by atoms with Gasteiger partial charge < -0.3 is 19.5 Å². The van der Waals surface area contributed by atoms with Crippen LogP contribution < -0.4 is 4.74 Å². The number of carboxylic acids is 1. The molecule has 2 aromatic heterocycles. The number of pyridine rings is 1. The third kappa shape index (κ3) is 5.46. The normalized spacial score (nSPS) is 21.3. The van der Waals surface area contributed by atoms with Crippen molar-refractivity contribution in [1.82, 2.24) is 19.7 Å². The van der Waals surface area contributed by atoms with Crippen molar-refractivity contribution in [2.75, 3.05) is 7.05 Å². The van der Waals surface area contributed by atoms with Gasteiger partial charge in [0.05, 0.1) is 35.8 Å². The molecule has 0 unspecified atom stereocenters. The van der Waals surface area contributed by atoms with Crippen LogP contribution >= 0.6 is 0 Å². The van der Waals surface area contributed by atoms with E-state index in [2.05, 4.69) is 17.0 Å². The first-order valence-electron chi connectivity index (χ1n) is 11.6. The highest BCUT2D eigenvalue weighted by Gasteiger charge is 2.33. The van der Waals surface area contributed by atoms with Crippen LogP contribution in [0.2, 0.25) is 0 Å². The number of carbonyl (C=O) groups is 2. The molecular weight excluding hydrogens is 424 g/mol. The number of hydrogen-bond donors (Lipinski definition) is 1. The summed E-state index contributed by atoms with van der Waals surface area (Å²) in [6.45, 7) is 2.15. The highest BCUT2D eigenvalue weighted by atomic mass is 16.6. The molecule has 0 aromatic carbocycles. The van der Waals surface area contributed by atoms with Crippen LogP contribution in [0.3, 0.4) is 0 Å². The van der Waals surface area contributed by atoms with Crippen LogP contribution in [-0.4, -0.2) is 56.0 Å². The summed E-state index contributed by atoms with van der Waals surface area (Å²) in [7, 11) is 3.59. The molecule has 0 bridgehead atoms. The van der Waals surface area contributed by atoms with Gasteiger partial charge in [0.25, 0.3) is 0 Å². The minimum absolute atomic E-state index is 0.102. The van der Waals surface area contributed by atoms with Gasteiger partial charge in [0.2, 0.25) is 0 Å². The van der Waals surface area contributed by atoms with Crippen LogP contribution in [0, 0.1) is 11.8 Å². The first-order valence-corrected chi connectivity index (χ1v) is 11.6. The lowest BCUT2D eigenvalue weighted by molar-refractivity contribution is -0.143. The predicted octanol–water partition coefficient (Wildman–Crippen LogP) is 3.87. The molecular formula is C24H32N4O5. The van der Waals surface area contributed by atoms with E-state index in [4.69, 9.17) is 9.47 Å². The Morgan fingerprint density at radius 1 is 1.24 bits per heavy atom. The minimum Gasteiger partial charge on any atom is -0.489 e. The minimum atomic E-state index is -0.755. The van der Waals surface area contributed by atoms with Gasteiger partial charge in [0.15, 0.2) is 0 Å². The van der Waals surface area contributed by atoms with Gasteiger partial charge in [-0.05, 0) is 63.5 Å². The Hall–Kier alpha value is -3.10. The molecule has 33 heavy (non-hydrogen) atoms. The molecule has 178 valence electrons. The average Bonchev–Trinajstić information content (AvgIpc) is 3.60. The summed E-state index contributed by atoms with van der Waals surface area (Å²) in [5, 5.41) is 13.6. The Labute approximate surface area is 193 Å². The van der Waals surface area contributed by atoms with Crippen molar-refractivity contribution in [1.29, 1.82) is 0 Å². The summed E-state index contributed by atoms with van der Waals surface area (Å²) in [6.07, 6.45) is 8.14. The molecule has 2 aliphatic carbocycles. The summed E-state index contributed by atoms with van der Waals surface area (Å²) < 4.78 is 13.2. The van der Waals surface area contributed by atoms with E-state index in [1.54, 1.807) is 29.0 Å². The predicted molar refractivity (Wildman–Crippen MR) is 121 cm³/mol. The fourth-order valence-corrected chi connectivity index (χ4v) is 4.42. The summed E-state index contributed by atoms with van der Waals surface area (Å²) in [5.41, 5.74) is 2.25. The molecule has 2 saturated carbocycles. The summed E-state index contributed by atoms with van der Waals surface area (Å²) >= 11 is 0. The van der Waals surface area contributed by atoms with Gasteiger partial charge in [-0.2, -0.15) is 5.10 Å². The highest BCUT2D eigenvalue weighted by Crippen LogP contribution is 2.35. The maximum atomic E-state index is 12.5. The lowest BCUT2D eigenvalue weighted by Crippen LogP contribution is -2.36. The second-order valence-electron chi connectivity index (χ2n) is 9.19. The van der Waals surface area contributed by atoms with Gasteiger partial charge in [0.1, 0.15) is 12.4 Å². The van der Waals surface area contributed by atoms with Crippen molar-refractivity contribution in [3.63, 3.8) is 0 Å². The van der Waals surface area contributed by atoms with E-state index in [0.29, 0.717) is 30.2 Å². The van der Waals surface area contributed by atoms with Crippen molar-refractivity contribution >= 4 is 12.1 Å². The molecule has 2 aromatic rings. The van der Waals surface area contributed by atoms with Crippen LogP contribution in [0.4, 0.5) is 4.79 Å². The molecule has 9 nitrogen and oxygen atoms in total. The quantitative estimate of drug-likeness (QED) is 0.642. The van der Waals surface area contributed by atoms with Gasteiger partial charge in [-0.3, -0.25) is 14.5 Å². The third-order valence-corrected chi connectivity index (χ3v) is 6.89. The molecule has 2 heterocycles. The Morgan fingerprint density at radius 3 is 2.70 bits per heavy atom. The second-order valence-corrected chi connectivity index (χ2v) is 9.19. The lowest BCUT2D eigenvalue weighted by atomic mass is 9.87. The topological polar surface area (TPSA) is 107 Å². The number of aryl methyl sites for hydroxylation is 1. The molecule has 2 aliphatic rings. The summed E-state index contributed by atoms with van der Waals surface area (Å²) in [5.74, 6) is 0.0865. The smallest absolute Gasteiger partial charge is 0.410 e. The number of carbonyl (C=O) groups excluding carboxylic acids is 1. The maximum Gasteiger partial charge on any atom is 0.410 e. The number of aromatic nitrogens is 3.